The van der Waals surface area contributed by atoms with Crippen molar-refractivity contribution in [3.8, 4) is 33.4 Å². The second-order valence-electron chi connectivity index (χ2n) is 17.9. The van der Waals surface area contributed by atoms with Gasteiger partial charge in [0.05, 0.1) is 47.5 Å². The minimum atomic E-state index is -5.05. The smallest absolute Gasteiger partial charge is 0.309 e. The molecule has 0 aliphatic rings. The molecule has 2 nitrogen and oxygen atoms in total. The van der Waals surface area contributed by atoms with Crippen molar-refractivity contribution >= 4 is 88.0 Å². The summed E-state index contributed by atoms with van der Waals surface area (Å²) in [6.07, 6.45) is -5.05. The highest BCUT2D eigenvalue weighted by Crippen LogP contribution is 2.52. The molecule has 0 bridgehead atoms. The summed E-state index contributed by atoms with van der Waals surface area (Å²) in [7, 11) is 0. The van der Waals surface area contributed by atoms with Gasteiger partial charge in [-0.05, 0) is 138 Å². The number of rotatable bonds is 9. The molecule has 0 radical (unpaired) electrons. The van der Waals surface area contributed by atoms with Crippen LogP contribution in [0.3, 0.4) is 0 Å². The van der Waals surface area contributed by atoms with Gasteiger partial charge >= 0.3 is 6.18 Å². The normalized spacial score (nSPS) is 14.5. The summed E-state index contributed by atoms with van der Waals surface area (Å²) < 4.78 is 189. The molecule has 0 aromatic heterocycles. The Bertz CT molecular complexity index is 5060. The Morgan fingerprint density at radius 2 is 0.878 bits per heavy atom. The van der Waals surface area contributed by atoms with Crippen LogP contribution in [-0.4, -0.2) is 0 Å². The molecule has 0 heterocycles. The molecule has 0 aliphatic carbocycles. The Hall–Kier alpha value is -9.26. The number of fused-ring (bicyclic) bond motifs is 2. The van der Waals surface area contributed by atoms with Gasteiger partial charge in [0.1, 0.15) is 5.82 Å². The van der Waals surface area contributed by atoms with Crippen molar-refractivity contribution in [1.29, 1.82) is 0 Å². The molecule has 0 saturated heterocycles. The number of anilines is 6. The lowest BCUT2D eigenvalue weighted by Crippen LogP contribution is -2.17. The minimum absolute atomic E-state index is 0.0470. The summed E-state index contributed by atoms with van der Waals surface area (Å²) in [6, 6.07) is 36.5. The average molecular weight is 979 g/mol. The van der Waals surface area contributed by atoms with E-state index >= 15 is 17.6 Å². The number of halogens is 4. The molecule has 13 aromatic carbocycles. The fraction of sp³-hybridized carbons (Fsp3) is 0.0294. The van der Waals surface area contributed by atoms with E-state index in [1.165, 1.54) is 30.0 Å². The third-order valence-corrected chi connectivity index (χ3v) is 13.5. The summed E-state index contributed by atoms with van der Waals surface area (Å²) in [4.78, 5) is 3.04. The molecule has 0 atom stereocenters. The fourth-order valence-corrected chi connectivity index (χ4v) is 10.2. The molecule has 0 saturated carbocycles. The Kier molecular flexibility index (Phi) is 7.68. The van der Waals surface area contributed by atoms with Gasteiger partial charge in [-0.2, -0.15) is 13.2 Å². The Morgan fingerprint density at radius 3 is 1.46 bits per heavy atom. The van der Waals surface area contributed by atoms with E-state index in [1.54, 1.807) is 65.6 Å². The molecule has 0 aliphatic heterocycles. The first-order valence-electron chi connectivity index (χ1n) is 30.5. The van der Waals surface area contributed by atoms with Crippen molar-refractivity contribution in [2.24, 2.45) is 0 Å². The van der Waals surface area contributed by atoms with Gasteiger partial charge in [0.15, 0.2) is 0 Å². The first-order chi connectivity index (χ1) is 42.0. The Morgan fingerprint density at radius 1 is 0.392 bits per heavy atom. The standard InChI is InChI=1S/C68H44F4N2/c1-43-20-22-47(23-21-43)53-30-37-64(60(41-53)68(70,71)72)73(55-31-24-45-14-8-10-18-51(45)38-55)62-35-28-49-27-34-58-63(36-29-50-26-33-57(62)65(49)66(50)58)74(56-32-25-46-15-9-11-19-52(46)39-56)67-59(48-16-6-3-7-17-48)40-54(42-61(67)69)44-12-4-2-5-13-44/h2-42H,1H3/i2D,3D,4D,5D,6D,7D,12D,13D,16D,17D,20D,21D,22D,23D. The lowest BCUT2D eigenvalue weighted by atomic mass is 9.91. The van der Waals surface area contributed by atoms with Gasteiger partial charge in [0.25, 0.3) is 0 Å². The lowest BCUT2D eigenvalue weighted by molar-refractivity contribution is -0.137. The van der Waals surface area contributed by atoms with Gasteiger partial charge < -0.3 is 9.80 Å². The van der Waals surface area contributed by atoms with Crippen molar-refractivity contribution in [2.45, 2.75) is 13.1 Å². The number of nitrogens with zero attached hydrogens (tertiary/aromatic N) is 2. The molecule has 74 heavy (non-hydrogen) atoms. The van der Waals surface area contributed by atoms with Crippen LogP contribution in [0.5, 0.6) is 0 Å². The van der Waals surface area contributed by atoms with Crippen LogP contribution >= 0.6 is 0 Å². The third-order valence-electron chi connectivity index (χ3n) is 13.5. The molecule has 0 spiro atoms. The molecule has 6 heteroatoms. The van der Waals surface area contributed by atoms with E-state index in [4.69, 9.17) is 16.4 Å². The van der Waals surface area contributed by atoms with Crippen molar-refractivity contribution in [3.05, 3.63) is 265 Å². The zero-order valence-corrected chi connectivity index (χ0v) is 39.0. The van der Waals surface area contributed by atoms with Gasteiger partial charge in [-0.1, -0.05) is 193 Å². The van der Waals surface area contributed by atoms with Gasteiger partial charge in [0.2, 0.25) is 0 Å². The Labute approximate surface area is 445 Å². The van der Waals surface area contributed by atoms with Crippen LogP contribution in [0, 0.1) is 12.7 Å². The van der Waals surface area contributed by atoms with Crippen LogP contribution in [0.4, 0.5) is 51.7 Å². The lowest BCUT2D eigenvalue weighted by Gasteiger charge is -2.32. The van der Waals surface area contributed by atoms with Crippen molar-refractivity contribution in [2.75, 3.05) is 9.80 Å². The molecule has 0 N–H and O–H groups in total. The van der Waals surface area contributed by atoms with E-state index < -0.39 is 101 Å². The van der Waals surface area contributed by atoms with E-state index in [0.717, 1.165) is 22.9 Å². The SMILES string of the molecule is [2H]c1c([2H])c([2H])c(-c2cc(F)c(N(c3ccc4ccccc4c3)c3ccc4ccc5c(N(c6ccc7ccccc7c6)c6ccc(-c7c([2H])c([2H])c(C)c([2H])c7[2H])cc6C(F)(F)F)ccc6ccc3c4c65)c(-c3c([2H])c([2H])c([2H])c([2H])c3[2H])c2)c([2H])c1[2H]. The zero-order valence-electron chi connectivity index (χ0n) is 53.0. The van der Waals surface area contributed by atoms with Gasteiger partial charge in [-0.15, -0.1) is 0 Å². The molecule has 13 rings (SSSR count). The summed E-state index contributed by atoms with van der Waals surface area (Å²) in [6.45, 7) is 1.41. The highest BCUT2D eigenvalue weighted by molar-refractivity contribution is 6.28. The predicted octanol–water partition coefficient (Wildman–Crippen LogP) is 20.3. The molecule has 13 aromatic rings. The molecule has 0 amide bonds. The molecular weight excluding hydrogens is 921 g/mol. The van der Waals surface area contributed by atoms with Crippen molar-refractivity contribution in [3.63, 3.8) is 0 Å². The number of benzene rings is 13. The highest BCUT2D eigenvalue weighted by atomic mass is 19.4. The summed E-state index contributed by atoms with van der Waals surface area (Å²) in [5, 5.41) is 6.45. The largest absolute Gasteiger partial charge is 0.418 e. The summed E-state index contributed by atoms with van der Waals surface area (Å²) in [5.41, 5.74) is -2.39. The van der Waals surface area contributed by atoms with Gasteiger partial charge in [-0.3, -0.25) is 0 Å². The van der Waals surface area contributed by atoms with Crippen LogP contribution in [0.2, 0.25) is 0 Å². The highest BCUT2D eigenvalue weighted by Gasteiger charge is 2.37. The quantitative estimate of drug-likeness (QED) is 0.105. The van der Waals surface area contributed by atoms with E-state index in [-0.39, 0.29) is 57.0 Å². The maximum absolute atomic E-state index is 18.5. The zero-order chi connectivity index (χ0) is 62.3. The number of hydrogen-bond donors (Lipinski definition) is 0. The fourth-order valence-electron chi connectivity index (χ4n) is 10.2. The van der Waals surface area contributed by atoms with Gasteiger partial charge in [0, 0.05) is 27.7 Å². The maximum Gasteiger partial charge on any atom is 0.418 e. The first kappa shape index (κ1) is 31.9. The van der Waals surface area contributed by atoms with Crippen LogP contribution in [-0.2, 0) is 6.18 Å². The molecule has 0 unspecified atom stereocenters. The van der Waals surface area contributed by atoms with E-state index in [1.807, 2.05) is 72.8 Å². The van der Waals surface area contributed by atoms with Crippen molar-refractivity contribution < 1.29 is 36.8 Å². The maximum atomic E-state index is 18.5. The molecule has 0 fully saturated rings. The predicted molar refractivity (Wildman–Crippen MR) is 301 cm³/mol. The third kappa shape index (κ3) is 7.74. The number of hydrogen-bond acceptors (Lipinski definition) is 2. The second kappa shape index (κ2) is 17.8. The van der Waals surface area contributed by atoms with E-state index in [2.05, 4.69) is 0 Å². The summed E-state index contributed by atoms with van der Waals surface area (Å²) >= 11 is 0. The second-order valence-corrected chi connectivity index (χ2v) is 17.9. The minimum Gasteiger partial charge on any atom is -0.309 e. The topological polar surface area (TPSA) is 6.48 Å². The van der Waals surface area contributed by atoms with Gasteiger partial charge in [-0.25, -0.2) is 4.39 Å². The average Bonchev–Trinajstić information content (AvgIpc) is 0.733. The van der Waals surface area contributed by atoms with Crippen LogP contribution in [0.25, 0.3) is 87.2 Å². The summed E-state index contributed by atoms with van der Waals surface area (Å²) in [5.74, 6) is -1.08. The Balaban J connectivity index is 1.11. The van der Waals surface area contributed by atoms with E-state index in [0.29, 0.717) is 60.2 Å². The molecule has 354 valence electrons. The molecular formula is C68H44F4N2. The van der Waals surface area contributed by atoms with E-state index in [9.17, 15) is 2.74 Å². The van der Waals surface area contributed by atoms with Crippen LogP contribution in [0.15, 0.2) is 248 Å². The van der Waals surface area contributed by atoms with Crippen LogP contribution < -0.4 is 9.80 Å². The van der Waals surface area contributed by atoms with Crippen molar-refractivity contribution in [1.82, 2.24) is 0 Å². The number of alkyl halides is 3. The van der Waals surface area contributed by atoms with Crippen LogP contribution in [0.1, 0.15) is 30.3 Å². The first-order valence-corrected chi connectivity index (χ1v) is 23.5. The monoisotopic (exact) mass is 978 g/mol.